The molecule has 0 spiro atoms. The number of para-hydroxylation sites is 1. The van der Waals surface area contributed by atoms with Crippen molar-refractivity contribution < 1.29 is 14.1 Å². The second-order valence-corrected chi connectivity index (χ2v) is 4.91. The molecular weight excluding hydrogens is 283 g/mol. The van der Waals surface area contributed by atoms with Crippen LogP contribution in [0.25, 0.3) is 10.2 Å². The van der Waals surface area contributed by atoms with Crippen LogP contribution < -0.4 is 4.74 Å². The Morgan fingerprint density at radius 3 is 2.80 bits per heavy atom. The van der Waals surface area contributed by atoms with Crippen molar-refractivity contribution in [3.8, 4) is 10.9 Å². The monoisotopic (exact) mass is 290 g/mol. The normalized spacial score (nSPS) is 10.7. The van der Waals surface area contributed by atoms with Crippen molar-refractivity contribution >= 4 is 27.2 Å². The van der Waals surface area contributed by atoms with Crippen molar-refractivity contribution in [2.24, 2.45) is 0 Å². The zero-order valence-electron chi connectivity index (χ0n) is 9.95. The summed E-state index contributed by atoms with van der Waals surface area (Å²) in [6.07, 6.45) is 0. The number of aromatic nitrogens is 1. The van der Waals surface area contributed by atoms with Crippen LogP contribution in [0.4, 0.5) is 10.1 Å². The van der Waals surface area contributed by atoms with Gasteiger partial charge in [0.25, 0.3) is 10.9 Å². The summed E-state index contributed by atoms with van der Waals surface area (Å²) in [5.41, 5.74) is 0.561. The number of thiazole rings is 1. The van der Waals surface area contributed by atoms with Crippen molar-refractivity contribution in [1.82, 2.24) is 4.98 Å². The van der Waals surface area contributed by atoms with E-state index in [1.54, 1.807) is 12.1 Å². The average molecular weight is 290 g/mol. The van der Waals surface area contributed by atoms with Crippen molar-refractivity contribution in [3.63, 3.8) is 0 Å². The van der Waals surface area contributed by atoms with Crippen molar-refractivity contribution in [2.45, 2.75) is 0 Å². The molecule has 0 aliphatic rings. The summed E-state index contributed by atoms with van der Waals surface area (Å²) in [6.45, 7) is 0. The third-order valence-corrected chi connectivity index (χ3v) is 3.49. The highest BCUT2D eigenvalue weighted by atomic mass is 32.1. The van der Waals surface area contributed by atoms with Gasteiger partial charge in [-0.1, -0.05) is 23.5 Å². The van der Waals surface area contributed by atoms with E-state index in [1.165, 1.54) is 30.3 Å². The van der Waals surface area contributed by atoms with E-state index in [0.717, 1.165) is 11.3 Å². The van der Waals surface area contributed by atoms with E-state index in [2.05, 4.69) is 4.98 Å². The lowest BCUT2D eigenvalue weighted by Crippen LogP contribution is -1.86. The Kier molecular flexibility index (Phi) is 3.03. The van der Waals surface area contributed by atoms with Gasteiger partial charge in [-0.25, -0.2) is 9.37 Å². The van der Waals surface area contributed by atoms with Gasteiger partial charge >= 0.3 is 0 Å². The van der Waals surface area contributed by atoms with Crippen molar-refractivity contribution in [1.29, 1.82) is 0 Å². The molecule has 0 fully saturated rings. The molecule has 1 heterocycles. The Morgan fingerprint density at radius 2 is 2.05 bits per heavy atom. The van der Waals surface area contributed by atoms with Crippen molar-refractivity contribution in [2.75, 3.05) is 0 Å². The van der Waals surface area contributed by atoms with Gasteiger partial charge in [-0.05, 0) is 18.2 Å². The molecule has 0 unspecified atom stereocenters. The number of nitro benzene ring substituents is 1. The van der Waals surface area contributed by atoms with Crippen LogP contribution in [0.15, 0.2) is 42.5 Å². The SMILES string of the molecule is O=[N+]([O-])c1ccc2nc(Oc3ccccc3F)sc2c1. The first kappa shape index (κ1) is 12.5. The molecule has 0 N–H and O–H groups in total. The second kappa shape index (κ2) is 4.86. The summed E-state index contributed by atoms with van der Waals surface area (Å²) in [5, 5.41) is 10.9. The number of halogens is 1. The van der Waals surface area contributed by atoms with Gasteiger partial charge in [0.15, 0.2) is 11.6 Å². The second-order valence-electron chi connectivity index (χ2n) is 3.92. The molecule has 3 aromatic rings. The third-order valence-electron chi connectivity index (χ3n) is 2.60. The Labute approximate surface area is 116 Å². The number of benzene rings is 2. The smallest absolute Gasteiger partial charge is 0.279 e. The lowest BCUT2D eigenvalue weighted by Gasteiger charge is -2.01. The predicted molar refractivity (Wildman–Crippen MR) is 72.7 cm³/mol. The molecule has 0 saturated carbocycles. The van der Waals surface area contributed by atoms with Crippen LogP contribution in [0.5, 0.6) is 10.9 Å². The fourth-order valence-electron chi connectivity index (χ4n) is 1.67. The summed E-state index contributed by atoms with van der Waals surface area (Å²) >= 11 is 1.13. The van der Waals surface area contributed by atoms with E-state index >= 15 is 0 Å². The number of ether oxygens (including phenoxy) is 1. The minimum atomic E-state index is -0.488. The van der Waals surface area contributed by atoms with E-state index in [0.29, 0.717) is 10.2 Å². The van der Waals surface area contributed by atoms with E-state index < -0.39 is 10.7 Å². The van der Waals surface area contributed by atoms with Gasteiger partial charge in [0.1, 0.15) is 0 Å². The summed E-state index contributed by atoms with van der Waals surface area (Å²) in [6, 6.07) is 10.3. The molecule has 0 atom stereocenters. The number of nitrogens with zero attached hydrogens (tertiary/aromatic N) is 2. The quantitative estimate of drug-likeness (QED) is 0.537. The van der Waals surface area contributed by atoms with Crippen LogP contribution in [0.3, 0.4) is 0 Å². The summed E-state index contributed by atoms with van der Waals surface area (Å²) in [5.74, 6) is -0.418. The molecule has 2 aromatic carbocycles. The van der Waals surface area contributed by atoms with E-state index in [1.807, 2.05) is 0 Å². The van der Waals surface area contributed by atoms with E-state index in [-0.39, 0.29) is 16.6 Å². The molecule has 5 nitrogen and oxygen atoms in total. The first-order valence-electron chi connectivity index (χ1n) is 5.61. The van der Waals surface area contributed by atoms with Gasteiger partial charge in [0.2, 0.25) is 0 Å². The molecule has 0 saturated heterocycles. The highest BCUT2D eigenvalue weighted by Gasteiger charge is 2.12. The predicted octanol–water partition coefficient (Wildman–Crippen LogP) is 4.14. The minimum absolute atomic E-state index is 0.0152. The van der Waals surface area contributed by atoms with E-state index in [4.69, 9.17) is 4.74 Å². The van der Waals surface area contributed by atoms with Crippen LogP contribution in [0.1, 0.15) is 0 Å². The zero-order chi connectivity index (χ0) is 14.1. The molecule has 0 bridgehead atoms. The maximum absolute atomic E-state index is 13.5. The van der Waals surface area contributed by atoms with Crippen LogP contribution in [0.2, 0.25) is 0 Å². The van der Waals surface area contributed by atoms with Gasteiger partial charge in [0, 0.05) is 12.1 Å². The zero-order valence-corrected chi connectivity index (χ0v) is 10.8. The van der Waals surface area contributed by atoms with Crippen LogP contribution in [-0.2, 0) is 0 Å². The van der Waals surface area contributed by atoms with Crippen LogP contribution >= 0.6 is 11.3 Å². The van der Waals surface area contributed by atoms with Crippen molar-refractivity contribution in [3.05, 3.63) is 58.4 Å². The summed E-state index contributed by atoms with van der Waals surface area (Å²) in [7, 11) is 0. The third kappa shape index (κ3) is 2.30. The Balaban J connectivity index is 1.97. The highest BCUT2D eigenvalue weighted by molar-refractivity contribution is 7.20. The molecule has 7 heteroatoms. The number of hydrogen-bond acceptors (Lipinski definition) is 5. The highest BCUT2D eigenvalue weighted by Crippen LogP contribution is 2.33. The standard InChI is InChI=1S/C13H7FN2O3S/c14-9-3-1-2-4-11(9)19-13-15-10-6-5-8(16(17)18)7-12(10)20-13/h1-7H. The number of fused-ring (bicyclic) bond motifs is 1. The van der Waals surface area contributed by atoms with E-state index in [9.17, 15) is 14.5 Å². The molecule has 20 heavy (non-hydrogen) atoms. The molecule has 100 valence electrons. The Bertz CT molecular complexity index is 803. The number of hydrogen-bond donors (Lipinski definition) is 0. The topological polar surface area (TPSA) is 65.3 Å². The number of rotatable bonds is 3. The molecule has 3 rings (SSSR count). The molecule has 0 aliphatic carbocycles. The number of non-ortho nitro benzene ring substituents is 1. The molecule has 1 aromatic heterocycles. The van der Waals surface area contributed by atoms with Crippen LogP contribution in [0, 0.1) is 15.9 Å². The average Bonchev–Trinajstić information content (AvgIpc) is 2.82. The van der Waals surface area contributed by atoms with Gasteiger partial charge < -0.3 is 4.74 Å². The van der Waals surface area contributed by atoms with Crippen LogP contribution in [-0.4, -0.2) is 9.91 Å². The fourth-order valence-corrected chi connectivity index (χ4v) is 2.53. The molecule has 0 aliphatic heterocycles. The largest absolute Gasteiger partial charge is 0.428 e. The maximum atomic E-state index is 13.5. The molecule has 0 radical (unpaired) electrons. The van der Waals surface area contributed by atoms with Gasteiger partial charge in [-0.2, -0.15) is 0 Å². The summed E-state index contributed by atoms with van der Waals surface area (Å²) in [4.78, 5) is 14.4. The van der Waals surface area contributed by atoms with Gasteiger partial charge in [-0.15, -0.1) is 0 Å². The first-order chi connectivity index (χ1) is 9.63. The Morgan fingerprint density at radius 1 is 1.25 bits per heavy atom. The number of nitro groups is 1. The van der Waals surface area contributed by atoms with Gasteiger partial charge in [-0.3, -0.25) is 10.1 Å². The maximum Gasteiger partial charge on any atom is 0.279 e. The van der Waals surface area contributed by atoms with Gasteiger partial charge in [0.05, 0.1) is 15.1 Å². The minimum Gasteiger partial charge on any atom is -0.428 e. The fraction of sp³-hybridized carbons (Fsp3) is 0. The Hall–Kier alpha value is -2.54. The lowest BCUT2D eigenvalue weighted by molar-refractivity contribution is -0.384. The lowest BCUT2D eigenvalue weighted by atomic mass is 10.3. The molecule has 0 amide bonds. The first-order valence-corrected chi connectivity index (χ1v) is 6.42. The molecular formula is C13H7FN2O3S. The summed E-state index contributed by atoms with van der Waals surface area (Å²) < 4.78 is 19.4.